The molecule has 6 heteroatoms. The molecule has 0 aliphatic carbocycles. The molecule has 0 spiro atoms. The molecule has 0 aromatic rings. The Morgan fingerprint density at radius 3 is 2.21 bits per heavy atom. The molecule has 2 heterocycles. The van der Waals surface area contributed by atoms with Crippen LogP contribution in [0.2, 0.25) is 0 Å². The highest BCUT2D eigenvalue weighted by Crippen LogP contribution is 2.15. The first-order chi connectivity index (χ1) is 8.58. The molecule has 2 amide bonds. The molecular weight excluding hydrogens is 266 g/mol. The van der Waals surface area contributed by atoms with Crippen molar-refractivity contribution in [3.05, 3.63) is 0 Å². The van der Waals surface area contributed by atoms with Crippen LogP contribution in [0.1, 0.15) is 26.7 Å². The van der Waals surface area contributed by atoms with Crippen molar-refractivity contribution in [2.75, 3.05) is 26.2 Å². The first kappa shape index (κ1) is 16.2. The molecule has 0 unspecified atom stereocenters. The maximum absolute atomic E-state index is 12.0. The Morgan fingerprint density at radius 1 is 1.21 bits per heavy atom. The zero-order chi connectivity index (χ0) is 13.1. The maximum atomic E-state index is 12.0. The average molecular weight is 290 g/mol. The van der Waals surface area contributed by atoms with E-state index >= 15 is 0 Å². The first-order valence-electron chi connectivity index (χ1n) is 6.88. The number of likely N-dealkylation sites (tertiary alicyclic amines) is 1. The number of amides is 2. The van der Waals surface area contributed by atoms with Crippen LogP contribution in [0.15, 0.2) is 0 Å². The van der Waals surface area contributed by atoms with Gasteiger partial charge in [-0.2, -0.15) is 0 Å². The molecule has 0 saturated carbocycles. The summed E-state index contributed by atoms with van der Waals surface area (Å²) in [7, 11) is 0. The number of rotatable bonds is 3. The van der Waals surface area contributed by atoms with Gasteiger partial charge in [-0.3, -0.25) is 9.59 Å². The molecule has 2 saturated heterocycles. The molecule has 2 aliphatic heterocycles. The lowest BCUT2D eigenvalue weighted by Gasteiger charge is -2.37. The van der Waals surface area contributed by atoms with E-state index in [-0.39, 0.29) is 42.1 Å². The summed E-state index contributed by atoms with van der Waals surface area (Å²) in [5.41, 5.74) is 0. The van der Waals surface area contributed by atoms with Gasteiger partial charge in [-0.05, 0) is 12.8 Å². The second kappa shape index (κ2) is 7.10. The highest BCUT2D eigenvalue weighted by molar-refractivity contribution is 5.85. The fourth-order valence-electron chi connectivity index (χ4n) is 2.33. The van der Waals surface area contributed by atoms with Crippen LogP contribution in [-0.2, 0) is 9.59 Å². The molecule has 2 aliphatic rings. The molecule has 2 rings (SSSR count). The Labute approximate surface area is 120 Å². The SMILES string of the molecule is CC(C)C(=O)NC1CCN(C(=O)C2CNC2)CC1.Cl. The molecule has 0 atom stereocenters. The largest absolute Gasteiger partial charge is 0.353 e. The van der Waals surface area contributed by atoms with Crippen molar-refractivity contribution in [2.24, 2.45) is 11.8 Å². The normalized spacial score (nSPS) is 20.7. The predicted molar refractivity (Wildman–Crippen MR) is 76.2 cm³/mol. The molecule has 0 radical (unpaired) electrons. The van der Waals surface area contributed by atoms with Gasteiger partial charge in [0.1, 0.15) is 0 Å². The molecule has 110 valence electrons. The van der Waals surface area contributed by atoms with Crippen molar-refractivity contribution in [3.8, 4) is 0 Å². The third-order valence-corrected chi connectivity index (χ3v) is 3.81. The molecule has 19 heavy (non-hydrogen) atoms. The Hall–Kier alpha value is -0.810. The van der Waals surface area contributed by atoms with Crippen LogP contribution in [0, 0.1) is 11.8 Å². The summed E-state index contributed by atoms with van der Waals surface area (Å²) in [6, 6.07) is 0.239. The lowest BCUT2D eigenvalue weighted by Crippen LogP contribution is -2.55. The van der Waals surface area contributed by atoms with Gasteiger partial charge in [-0.25, -0.2) is 0 Å². The molecule has 2 fully saturated rings. The van der Waals surface area contributed by atoms with Crippen molar-refractivity contribution >= 4 is 24.2 Å². The third-order valence-electron chi connectivity index (χ3n) is 3.81. The number of halogens is 1. The van der Waals surface area contributed by atoms with Crippen LogP contribution in [-0.4, -0.2) is 48.9 Å². The van der Waals surface area contributed by atoms with Gasteiger partial charge in [0.15, 0.2) is 0 Å². The van der Waals surface area contributed by atoms with E-state index < -0.39 is 0 Å². The van der Waals surface area contributed by atoms with E-state index in [9.17, 15) is 9.59 Å². The lowest BCUT2D eigenvalue weighted by molar-refractivity contribution is -0.138. The van der Waals surface area contributed by atoms with Gasteiger partial charge in [0.05, 0.1) is 5.92 Å². The third kappa shape index (κ3) is 4.08. The lowest BCUT2D eigenvalue weighted by atomic mass is 9.98. The number of carbonyl (C=O) groups is 2. The molecule has 0 aromatic heterocycles. The van der Waals surface area contributed by atoms with Crippen molar-refractivity contribution in [1.82, 2.24) is 15.5 Å². The maximum Gasteiger partial charge on any atom is 0.228 e. The number of carbonyl (C=O) groups excluding carboxylic acids is 2. The Bertz CT molecular complexity index is 324. The summed E-state index contributed by atoms with van der Waals surface area (Å²) < 4.78 is 0. The van der Waals surface area contributed by atoms with Crippen LogP contribution in [0.25, 0.3) is 0 Å². The Balaban J connectivity index is 0.00000180. The first-order valence-corrected chi connectivity index (χ1v) is 6.88. The summed E-state index contributed by atoms with van der Waals surface area (Å²) >= 11 is 0. The summed E-state index contributed by atoms with van der Waals surface area (Å²) in [4.78, 5) is 25.6. The van der Waals surface area contributed by atoms with Gasteiger partial charge in [0.2, 0.25) is 11.8 Å². The van der Waals surface area contributed by atoms with Gasteiger partial charge in [-0.15, -0.1) is 12.4 Å². The van der Waals surface area contributed by atoms with Gasteiger partial charge in [-0.1, -0.05) is 13.8 Å². The van der Waals surface area contributed by atoms with Crippen molar-refractivity contribution < 1.29 is 9.59 Å². The van der Waals surface area contributed by atoms with E-state index in [0.29, 0.717) is 0 Å². The monoisotopic (exact) mass is 289 g/mol. The van der Waals surface area contributed by atoms with Gasteiger partial charge in [0.25, 0.3) is 0 Å². The van der Waals surface area contributed by atoms with Crippen LogP contribution in [0.5, 0.6) is 0 Å². The Morgan fingerprint density at radius 2 is 1.79 bits per heavy atom. The summed E-state index contributed by atoms with van der Waals surface area (Å²) in [5.74, 6) is 0.614. The number of hydrogen-bond donors (Lipinski definition) is 2. The fourth-order valence-corrected chi connectivity index (χ4v) is 2.33. The minimum absolute atomic E-state index is 0. The van der Waals surface area contributed by atoms with Crippen molar-refractivity contribution in [3.63, 3.8) is 0 Å². The smallest absolute Gasteiger partial charge is 0.228 e. The minimum atomic E-state index is 0. The summed E-state index contributed by atoms with van der Waals surface area (Å²) in [6.45, 7) is 7.00. The summed E-state index contributed by atoms with van der Waals surface area (Å²) in [6.07, 6.45) is 1.76. The number of nitrogens with zero attached hydrogens (tertiary/aromatic N) is 1. The van der Waals surface area contributed by atoms with Crippen LogP contribution in [0.4, 0.5) is 0 Å². The molecule has 2 N–H and O–H groups in total. The quantitative estimate of drug-likeness (QED) is 0.790. The van der Waals surface area contributed by atoms with Crippen LogP contribution < -0.4 is 10.6 Å². The fraction of sp³-hybridized carbons (Fsp3) is 0.846. The molecule has 5 nitrogen and oxygen atoms in total. The Kier molecular flexibility index (Phi) is 6.07. The predicted octanol–water partition coefficient (Wildman–Crippen LogP) is 0.391. The zero-order valence-corrected chi connectivity index (χ0v) is 12.5. The van der Waals surface area contributed by atoms with Gasteiger partial charge < -0.3 is 15.5 Å². The molecule has 0 aromatic carbocycles. The van der Waals surface area contributed by atoms with E-state index in [1.54, 1.807) is 0 Å². The van der Waals surface area contributed by atoms with Crippen molar-refractivity contribution in [1.29, 1.82) is 0 Å². The standard InChI is InChI=1S/C13H23N3O2.ClH/c1-9(2)12(17)15-11-3-5-16(6-4-11)13(18)10-7-14-8-10;/h9-11,14H,3-8H2,1-2H3,(H,15,17);1H. The average Bonchev–Trinajstić information content (AvgIpc) is 2.27. The van der Waals surface area contributed by atoms with E-state index in [2.05, 4.69) is 10.6 Å². The number of piperidine rings is 1. The van der Waals surface area contributed by atoms with Crippen molar-refractivity contribution in [2.45, 2.75) is 32.7 Å². The van der Waals surface area contributed by atoms with E-state index in [1.807, 2.05) is 18.7 Å². The van der Waals surface area contributed by atoms with Gasteiger partial charge >= 0.3 is 0 Å². The summed E-state index contributed by atoms with van der Waals surface area (Å²) in [5, 5.41) is 6.17. The van der Waals surface area contributed by atoms with Crippen LogP contribution in [0.3, 0.4) is 0 Å². The minimum Gasteiger partial charge on any atom is -0.353 e. The van der Waals surface area contributed by atoms with E-state index in [4.69, 9.17) is 0 Å². The second-order valence-corrected chi connectivity index (χ2v) is 5.62. The highest BCUT2D eigenvalue weighted by Gasteiger charge is 2.31. The van der Waals surface area contributed by atoms with Gasteiger partial charge in [0, 0.05) is 38.1 Å². The molecular formula is C13H24ClN3O2. The number of hydrogen-bond acceptors (Lipinski definition) is 3. The van der Waals surface area contributed by atoms with E-state index in [0.717, 1.165) is 39.0 Å². The second-order valence-electron chi connectivity index (χ2n) is 5.62. The highest BCUT2D eigenvalue weighted by atomic mass is 35.5. The molecule has 0 bridgehead atoms. The van der Waals surface area contributed by atoms with E-state index in [1.165, 1.54) is 0 Å². The van der Waals surface area contributed by atoms with Crippen LogP contribution >= 0.6 is 12.4 Å². The zero-order valence-electron chi connectivity index (χ0n) is 11.6. The topological polar surface area (TPSA) is 61.4 Å². The number of nitrogens with one attached hydrogen (secondary N) is 2.